The van der Waals surface area contributed by atoms with E-state index in [1.54, 1.807) is 7.05 Å². The van der Waals surface area contributed by atoms with Gasteiger partial charge >= 0.3 is 0 Å². The molecule has 3 unspecified atom stereocenters. The Labute approximate surface area is 176 Å². The molecule has 0 spiro atoms. The maximum Gasteiger partial charge on any atom is 0.191 e. The van der Waals surface area contributed by atoms with Gasteiger partial charge in [0, 0.05) is 24.6 Å². The van der Waals surface area contributed by atoms with Crippen LogP contribution in [-0.4, -0.2) is 37.8 Å². The van der Waals surface area contributed by atoms with Crippen molar-refractivity contribution in [2.45, 2.75) is 68.6 Å². The van der Waals surface area contributed by atoms with Crippen molar-refractivity contribution in [2.75, 3.05) is 13.6 Å². The van der Waals surface area contributed by atoms with E-state index in [1.165, 1.54) is 18.2 Å². The van der Waals surface area contributed by atoms with Gasteiger partial charge in [0.1, 0.15) is 11.6 Å². The molecule has 3 atom stereocenters. The van der Waals surface area contributed by atoms with Crippen LogP contribution in [0.3, 0.4) is 0 Å². The molecule has 3 fully saturated rings. The maximum atomic E-state index is 14.5. The van der Waals surface area contributed by atoms with Crippen LogP contribution in [0.15, 0.2) is 23.2 Å². The van der Waals surface area contributed by atoms with Gasteiger partial charge in [-0.25, -0.2) is 8.78 Å². The molecular formula is C20H28F2IN3O. The first kappa shape index (κ1) is 20.8. The van der Waals surface area contributed by atoms with E-state index in [2.05, 4.69) is 15.6 Å². The fraction of sp³-hybridized carbons (Fsp3) is 0.650. The first-order valence-corrected chi connectivity index (χ1v) is 9.68. The summed E-state index contributed by atoms with van der Waals surface area (Å²) < 4.78 is 34.8. The standard InChI is InChI=1S/C20H27F2N3O.HI/c1-23-19(25-16-11-13-7-8-17(16)26-13)24-12-20(9-2-3-10-20)18-14(21)5-4-6-15(18)22;/h4-6,13,16-17H,2-3,7-12H2,1H3,(H2,23,24,25);1H. The lowest BCUT2D eigenvalue weighted by atomic mass is 9.78. The summed E-state index contributed by atoms with van der Waals surface area (Å²) in [7, 11) is 1.73. The largest absolute Gasteiger partial charge is 0.373 e. The highest BCUT2D eigenvalue weighted by Gasteiger charge is 2.42. The average molecular weight is 491 g/mol. The smallest absolute Gasteiger partial charge is 0.191 e. The van der Waals surface area contributed by atoms with Crippen molar-refractivity contribution in [1.29, 1.82) is 0 Å². The fourth-order valence-electron chi connectivity index (χ4n) is 4.98. The zero-order valence-electron chi connectivity index (χ0n) is 15.6. The summed E-state index contributed by atoms with van der Waals surface area (Å²) in [6.07, 6.45) is 7.39. The van der Waals surface area contributed by atoms with Gasteiger partial charge in [-0.1, -0.05) is 18.9 Å². The number of hydrogen-bond acceptors (Lipinski definition) is 2. The first-order chi connectivity index (χ1) is 12.6. The van der Waals surface area contributed by atoms with Crippen molar-refractivity contribution in [2.24, 2.45) is 4.99 Å². The number of halogens is 3. The summed E-state index contributed by atoms with van der Waals surface area (Å²) >= 11 is 0. The van der Waals surface area contributed by atoms with Crippen molar-refractivity contribution >= 4 is 29.9 Å². The van der Waals surface area contributed by atoms with E-state index in [0.29, 0.717) is 18.6 Å². The minimum absolute atomic E-state index is 0. The molecule has 3 aliphatic rings. The number of hydrogen-bond donors (Lipinski definition) is 2. The third-order valence-corrected chi connectivity index (χ3v) is 6.30. The Morgan fingerprint density at radius 2 is 1.93 bits per heavy atom. The van der Waals surface area contributed by atoms with Gasteiger partial charge in [0.2, 0.25) is 0 Å². The van der Waals surface area contributed by atoms with Gasteiger partial charge in [0.05, 0.1) is 18.2 Å². The topological polar surface area (TPSA) is 45.7 Å². The minimum atomic E-state index is -0.516. The molecular weight excluding hydrogens is 463 g/mol. The number of nitrogens with zero attached hydrogens (tertiary/aromatic N) is 1. The second-order valence-corrected chi connectivity index (χ2v) is 7.87. The lowest BCUT2D eigenvalue weighted by Crippen LogP contribution is -2.50. The van der Waals surface area contributed by atoms with E-state index in [0.717, 1.165) is 44.9 Å². The predicted octanol–water partition coefficient (Wildman–Crippen LogP) is 3.88. The highest BCUT2D eigenvalue weighted by Crippen LogP contribution is 2.43. The van der Waals surface area contributed by atoms with Crippen LogP contribution in [0.2, 0.25) is 0 Å². The lowest BCUT2D eigenvalue weighted by Gasteiger charge is -2.32. The quantitative estimate of drug-likeness (QED) is 0.382. The van der Waals surface area contributed by atoms with Crippen molar-refractivity contribution in [3.8, 4) is 0 Å². The molecule has 0 amide bonds. The Balaban J connectivity index is 0.00000210. The summed E-state index contributed by atoms with van der Waals surface area (Å²) in [4.78, 5) is 4.32. The molecule has 1 saturated carbocycles. The van der Waals surface area contributed by atoms with Gasteiger partial charge in [-0.3, -0.25) is 4.99 Å². The van der Waals surface area contributed by atoms with Gasteiger partial charge in [0.25, 0.3) is 0 Å². The van der Waals surface area contributed by atoms with Crippen LogP contribution < -0.4 is 10.6 Å². The summed E-state index contributed by atoms with van der Waals surface area (Å²) in [5.74, 6) is -0.203. The summed E-state index contributed by atoms with van der Waals surface area (Å²) in [5.41, 5.74) is -0.290. The Bertz CT molecular complexity index is 674. The van der Waals surface area contributed by atoms with E-state index >= 15 is 0 Å². The Hall–Kier alpha value is -0.960. The molecule has 27 heavy (non-hydrogen) atoms. The molecule has 2 aliphatic heterocycles. The second-order valence-electron chi connectivity index (χ2n) is 7.87. The van der Waals surface area contributed by atoms with E-state index in [9.17, 15) is 8.78 Å². The van der Waals surface area contributed by atoms with Gasteiger partial charge in [-0.15, -0.1) is 24.0 Å². The Kier molecular flexibility index (Phi) is 6.61. The van der Waals surface area contributed by atoms with E-state index in [-0.39, 0.29) is 41.7 Å². The third kappa shape index (κ3) is 4.09. The highest BCUT2D eigenvalue weighted by molar-refractivity contribution is 14.0. The van der Waals surface area contributed by atoms with Crippen LogP contribution in [0.4, 0.5) is 8.78 Å². The molecule has 2 bridgehead atoms. The minimum Gasteiger partial charge on any atom is -0.373 e. The van der Waals surface area contributed by atoms with Crippen LogP contribution in [0.25, 0.3) is 0 Å². The van der Waals surface area contributed by atoms with Crippen molar-refractivity contribution in [3.05, 3.63) is 35.4 Å². The van der Waals surface area contributed by atoms with Crippen LogP contribution >= 0.6 is 24.0 Å². The second kappa shape index (κ2) is 8.59. The maximum absolute atomic E-state index is 14.5. The van der Waals surface area contributed by atoms with E-state index in [4.69, 9.17) is 4.74 Å². The number of fused-ring (bicyclic) bond motifs is 2. The molecule has 0 aromatic heterocycles. The van der Waals surface area contributed by atoms with Crippen LogP contribution in [0.1, 0.15) is 50.5 Å². The van der Waals surface area contributed by atoms with Gasteiger partial charge in [-0.2, -0.15) is 0 Å². The number of guanidine groups is 1. The zero-order valence-corrected chi connectivity index (χ0v) is 18.0. The zero-order chi connectivity index (χ0) is 18.1. The van der Waals surface area contributed by atoms with E-state index in [1.807, 2.05) is 0 Å². The van der Waals surface area contributed by atoms with Crippen molar-refractivity contribution < 1.29 is 13.5 Å². The molecule has 1 aliphatic carbocycles. The molecule has 1 aromatic rings. The molecule has 0 radical (unpaired) electrons. The monoisotopic (exact) mass is 491 g/mol. The van der Waals surface area contributed by atoms with Gasteiger partial charge < -0.3 is 15.4 Å². The Morgan fingerprint density at radius 1 is 1.22 bits per heavy atom. The molecule has 2 saturated heterocycles. The molecule has 150 valence electrons. The number of ether oxygens (including phenoxy) is 1. The van der Waals surface area contributed by atoms with Crippen molar-refractivity contribution in [1.82, 2.24) is 10.6 Å². The molecule has 1 aromatic carbocycles. The summed E-state index contributed by atoms with van der Waals surface area (Å²) in [6, 6.07) is 4.42. The normalized spacial score (nSPS) is 28.9. The SMILES string of the molecule is CN=C(NCC1(c2c(F)cccc2F)CCCC1)NC1CC2CCC1O2.I. The number of nitrogens with one attached hydrogen (secondary N) is 2. The van der Waals surface area contributed by atoms with E-state index < -0.39 is 17.0 Å². The summed E-state index contributed by atoms with van der Waals surface area (Å²) in [6.45, 7) is 0.478. The highest BCUT2D eigenvalue weighted by atomic mass is 127. The molecule has 4 rings (SSSR count). The first-order valence-electron chi connectivity index (χ1n) is 9.68. The fourth-order valence-corrected chi connectivity index (χ4v) is 4.98. The van der Waals surface area contributed by atoms with Crippen molar-refractivity contribution in [3.63, 3.8) is 0 Å². The van der Waals surface area contributed by atoms with Crippen LogP contribution in [0.5, 0.6) is 0 Å². The third-order valence-electron chi connectivity index (χ3n) is 6.30. The molecule has 2 N–H and O–H groups in total. The molecule has 2 heterocycles. The number of aliphatic imine (C=N–C) groups is 1. The van der Waals surface area contributed by atoms with Gasteiger partial charge in [-0.05, 0) is 44.2 Å². The number of rotatable bonds is 4. The van der Waals surface area contributed by atoms with Gasteiger partial charge in [0.15, 0.2) is 5.96 Å². The van der Waals surface area contributed by atoms with Crippen LogP contribution in [-0.2, 0) is 10.2 Å². The Morgan fingerprint density at radius 3 is 2.48 bits per heavy atom. The predicted molar refractivity (Wildman–Crippen MR) is 113 cm³/mol. The van der Waals surface area contributed by atoms with Crippen LogP contribution in [0, 0.1) is 11.6 Å². The molecule has 7 heteroatoms. The molecule has 4 nitrogen and oxygen atoms in total. The summed E-state index contributed by atoms with van der Waals surface area (Å²) in [5, 5.41) is 6.79. The average Bonchev–Trinajstić information content (AvgIpc) is 3.36. The lowest BCUT2D eigenvalue weighted by molar-refractivity contribution is 0.0992. The number of benzene rings is 1.